The van der Waals surface area contributed by atoms with Crippen molar-refractivity contribution in [3.8, 4) is 11.8 Å². The Kier molecular flexibility index (Phi) is 4.77. The lowest BCUT2D eigenvalue weighted by Gasteiger charge is -2.22. The van der Waals surface area contributed by atoms with E-state index in [9.17, 15) is 0 Å². The van der Waals surface area contributed by atoms with Gasteiger partial charge in [0.25, 0.3) is 0 Å². The quantitative estimate of drug-likeness (QED) is 0.919. The highest BCUT2D eigenvalue weighted by atomic mass is 35.5. The zero-order valence-corrected chi connectivity index (χ0v) is 14.5. The van der Waals surface area contributed by atoms with Gasteiger partial charge in [-0.1, -0.05) is 17.7 Å². The predicted octanol–water partition coefficient (Wildman–Crippen LogP) is 3.61. The predicted molar refractivity (Wildman–Crippen MR) is 95.9 cm³/mol. The first-order valence-corrected chi connectivity index (χ1v) is 8.21. The minimum Gasteiger partial charge on any atom is -0.495 e. The summed E-state index contributed by atoms with van der Waals surface area (Å²) in [4.78, 5) is 6.62. The second-order valence-electron chi connectivity index (χ2n) is 5.87. The third-order valence-corrected chi connectivity index (χ3v) is 4.46. The van der Waals surface area contributed by atoms with Gasteiger partial charge in [0.2, 0.25) is 0 Å². The molecule has 0 spiro atoms. The summed E-state index contributed by atoms with van der Waals surface area (Å²) in [7, 11) is 1.66. The molecule has 3 rings (SSSR count). The number of halogens is 1. The lowest BCUT2D eigenvalue weighted by molar-refractivity contribution is 0.415. The van der Waals surface area contributed by atoms with Crippen molar-refractivity contribution in [2.75, 3.05) is 30.4 Å². The standard InChI is InChI=1S/C18H19ClN4O/c1-12-3-6-18(22-15(12)10-20)21-14-7-8-23(11-14)16-9-13(19)4-5-17(16)24-2/h3-6,9,14H,7-8,11H2,1-2H3,(H,21,22). The summed E-state index contributed by atoms with van der Waals surface area (Å²) >= 11 is 6.13. The van der Waals surface area contributed by atoms with Crippen molar-refractivity contribution in [1.82, 2.24) is 4.98 Å². The molecule has 1 aromatic heterocycles. The number of anilines is 2. The molecule has 1 fully saturated rings. The van der Waals surface area contributed by atoms with Gasteiger partial charge in [0, 0.05) is 24.2 Å². The molecule has 1 atom stereocenters. The number of ether oxygens (including phenoxy) is 1. The number of nitrogens with one attached hydrogen (secondary N) is 1. The molecule has 24 heavy (non-hydrogen) atoms. The molecule has 1 unspecified atom stereocenters. The monoisotopic (exact) mass is 342 g/mol. The van der Waals surface area contributed by atoms with Gasteiger partial charge >= 0.3 is 0 Å². The summed E-state index contributed by atoms with van der Waals surface area (Å²) in [5.41, 5.74) is 2.36. The number of nitrogens with zero attached hydrogens (tertiary/aromatic N) is 3. The lowest BCUT2D eigenvalue weighted by Crippen LogP contribution is -2.26. The molecule has 1 saturated heterocycles. The van der Waals surface area contributed by atoms with E-state index < -0.39 is 0 Å². The van der Waals surface area contributed by atoms with Crippen LogP contribution in [-0.4, -0.2) is 31.2 Å². The van der Waals surface area contributed by atoms with Gasteiger partial charge < -0.3 is 15.0 Å². The van der Waals surface area contributed by atoms with Crippen LogP contribution >= 0.6 is 11.6 Å². The largest absolute Gasteiger partial charge is 0.495 e. The van der Waals surface area contributed by atoms with Gasteiger partial charge in [0.15, 0.2) is 0 Å². The van der Waals surface area contributed by atoms with E-state index >= 15 is 0 Å². The first-order valence-electron chi connectivity index (χ1n) is 7.83. The maximum absolute atomic E-state index is 9.10. The SMILES string of the molecule is COc1ccc(Cl)cc1N1CCC(Nc2ccc(C)c(C#N)n2)C1. The van der Waals surface area contributed by atoms with E-state index in [1.54, 1.807) is 7.11 Å². The molecule has 2 aromatic rings. The van der Waals surface area contributed by atoms with E-state index in [4.69, 9.17) is 21.6 Å². The Morgan fingerprint density at radius 3 is 2.96 bits per heavy atom. The van der Waals surface area contributed by atoms with Gasteiger partial charge in [-0.05, 0) is 43.2 Å². The molecule has 6 heteroatoms. The Morgan fingerprint density at radius 2 is 2.21 bits per heavy atom. The minimum absolute atomic E-state index is 0.260. The van der Waals surface area contributed by atoms with Crippen LogP contribution in [0.4, 0.5) is 11.5 Å². The van der Waals surface area contributed by atoms with Gasteiger partial charge in [0.05, 0.1) is 12.8 Å². The van der Waals surface area contributed by atoms with E-state index in [1.165, 1.54) is 0 Å². The van der Waals surface area contributed by atoms with Crippen LogP contribution in [0.25, 0.3) is 0 Å². The van der Waals surface area contributed by atoms with Gasteiger partial charge in [-0.2, -0.15) is 5.26 Å². The average molecular weight is 343 g/mol. The number of benzene rings is 1. The molecule has 0 radical (unpaired) electrons. The molecule has 0 aliphatic carbocycles. The molecule has 0 saturated carbocycles. The fourth-order valence-corrected chi connectivity index (χ4v) is 3.10. The van der Waals surface area contributed by atoms with Crippen molar-refractivity contribution in [3.05, 3.63) is 46.6 Å². The average Bonchev–Trinajstić information content (AvgIpc) is 3.05. The number of aromatic nitrogens is 1. The van der Waals surface area contributed by atoms with E-state index in [0.717, 1.165) is 42.3 Å². The van der Waals surface area contributed by atoms with Gasteiger partial charge in [0.1, 0.15) is 23.3 Å². The van der Waals surface area contributed by atoms with E-state index in [1.807, 2.05) is 37.3 Å². The van der Waals surface area contributed by atoms with Crippen molar-refractivity contribution in [2.24, 2.45) is 0 Å². The highest BCUT2D eigenvalue weighted by Crippen LogP contribution is 2.33. The molecule has 0 amide bonds. The zero-order valence-electron chi connectivity index (χ0n) is 13.7. The van der Waals surface area contributed by atoms with Crippen molar-refractivity contribution in [3.63, 3.8) is 0 Å². The Bertz CT molecular complexity index is 787. The summed E-state index contributed by atoms with van der Waals surface area (Å²) < 4.78 is 5.44. The van der Waals surface area contributed by atoms with Crippen LogP contribution in [0, 0.1) is 18.3 Å². The second-order valence-corrected chi connectivity index (χ2v) is 6.30. The number of methoxy groups -OCH3 is 1. The van der Waals surface area contributed by atoms with Crippen molar-refractivity contribution >= 4 is 23.1 Å². The fraction of sp³-hybridized carbons (Fsp3) is 0.333. The van der Waals surface area contributed by atoms with E-state index in [0.29, 0.717) is 10.7 Å². The summed E-state index contributed by atoms with van der Waals surface area (Å²) in [5.74, 6) is 1.56. The number of rotatable bonds is 4. The van der Waals surface area contributed by atoms with Gasteiger partial charge in [-0.3, -0.25) is 0 Å². The van der Waals surface area contributed by atoms with Crippen LogP contribution in [0.5, 0.6) is 5.75 Å². The highest BCUT2D eigenvalue weighted by Gasteiger charge is 2.25. The molecule has 1 aliphatic heterocycles. The molecule has 0 bridgehead atoms. The first-order chi connectivity index (χ1) is 11.6. The maximum atomic E-state index is 9.10. The molecular weight excluding hydrogens is 324 g/mol. The van der Waals surface area contributed by atoms with Gasteiger partial charge in [-0.15, -0.1) is 0 Å². The number of hydrogen-bond acceptors (Lipinski definition) is 5. The molecule has 1 aliphatic rings. The molecular formula is C18H19ClN4O. The summed E-state index contributed by atoms with van der Waals surface area (Å²) in [6.07, 6.45) is 0.979. The Labute approximate surface area is 146 Å². The molecule has 1 aromatic carbocycles. The van der Waals surface area contributed by atoms with Crippen molar-refractivity contribution in [1.29, 1.82) is 5.26 Å². The van der Waals surface area contributed by atoms with Gasteiger partial charge in [-0.25, -0.2) is 4.98 Å². The van der Waals surface area contributed by atoms with Crippen LogP contribution in [-0.2, 0) is 0 Å². The topological polar surface area (TPSA) is 61.2 Å². The zero-order chi connectivity index (χ0) is 17.1. The third-order valence-electron chi connectivity index (χ3n) is 4.22. The first kappa shape index (κ1) is 16.4. The maximum Gasteiger partial charge on any atom is 0.145 e. The van der Waals surface area contributed by atoms with Crippen LogP contribution in [0.3, 0.4) is 0 Å². The Hall–Kier alpha value is -2.45. The fourth-order valence-electron chi connectivity index (χ4n) is 2.94. The molecule has 124 valence electrons. The normalized spacial score (nSPS) is 16.8. The van der Waals surface area contributed by atoms with E-state index in [-0.39, 0.29) is 6.04 Å². The third kappa shape index (κ3) is 3.39. The Balaban J connectivity index is 1.72. The number of aryl methyl sites for hydroxylation is 1. The lowest BCUT2D eigenvalue weighted by atomic mass is 10.2. The summed E-state index contributed by atoms with van der Waals surface area (Å²) in [6.45, 7) is 3.62. The number of nitriles is 1. The van der Waals surface area contributed by atoms with E-state index in [2.05, 4.69) is 21.3 Å². The van der Waals surface area contributed by atoms with Crippen molar-refractivity contribution < 1.29 is 4.74 Å². The van der Waals surface area contributed by atoms with Crippen LogP contribution in [0.15, 0.2) is 30.3 Å². The smallest absolute Gasteiger partial charge is 0.145 e. The minimum atomic E-state index is 0.260. The number of hydrogen-bond donors (Lipinski definition) is 1. The van der Waals surface area contributed by atoms with Crippen molar-refractivity contribution in [2.45, 2.75) is 19.4 Å². The molecule has 5 nitrogen and oxygen atoms in total. The summed E-state index contributed by atoms with van der Waals surface area (Å²) in [6, 6.07) is 11.9. The molecule has 2 heterocycles. The van der Waals surface area contributed by atoms with Crippen LogP contribution in [0.2, 0.25) is 5.02 Å². The summed E-state index contributed by atoms with van der Waals surface area (Å²) in [5, 5.41) is 13.2. The number of pyridine rings is 1. The van der Waals surface area contributed by atoms with Crippen LogP contribution in [0.1, 0.15) is 17.7 Å². The highest BCUT2D eigenvalue weighted by molar-refractivity contribution is 6.30. The molecule has 1 N–H and O–H groups in total. The Morgan fingerprint density at radius 1 is 1.38 bits per heavy atom. The second kappa shape index (κ2) is 6.98. The van der Waals surface area contributed by atoms with Crippen LogP contribution < -0.4 is 15.0 Å².